The maximum atomic E-state index is 12.8. The molecule has 3 N–H and O–H groups in total. The van der Waals surface area contributed by atoms with Gasteiger partial charge < -0.3 is 15.2 Å². The molecule has 0 spiro atoms. The third-order valence-electron chi connectivity index (χ3n) is 4.41. The lowest BCUT2D eigenvalue weighted by Crippen LogP contribution is -3.06. The van der Waals surface area contributed by atoms with E-state index in [0.29, 0.717) is 34.3 Å². The first-order valence-corrected chi connectivity index (χ1v) is 10.1. The highest BCUT2D eigenvalue weighted by molar-refractivity contribution is 9.10. The molecular formula is C20H22BrN4O2S+. The lowest BCUT2D eigenvalue weighted by Gasteiger charge is -2.10. The minimum absolute atomic E-state index is 0.0992. The summed E-state index contributed by atoms with van der Waals surface area (Å²) in [5.41, 5.74) is 2.05. The van der Waals surface area contributed by atoms with Gasteiger partial charge in [-0.05, 0) is 48.1 Å². The van der Waals surface area contributed by atoms with E-state index in [1.807, 2.05) is 38.4 Å². The number of carbonyl (C=O) groups excluding carboxylic acids is 1. The van der Waals surface area contributed by atoms with Crippen LogP contribution in [0.1, 0.15) is 15.9 Å². The summed E-state index contributed by atoms with van der Waals surface area (Å²) in [6.45, 7) is 1.82. The number of aromatic amines is 1. The number of nitrogens with zero attached hydrogens (tertiary/aromatic N) is 1. The second kappa shape index (κ2) is 8.81. The van der Waals surface area contributed by atoms with Crippen molar-refractivity contribution in [3.05, 3.63) is 73.2 Å². The molecule has 28 heavy (non-hydrogen) atoms. The van der Waals surface area contributed by atoms with Gasteiger partial charge in [0.15, 0.2) is 4.77 Å². The second-order valence-electron chi connectivity index (χ2n) is 6.92. The van der Waals surface area contributed by atoms with E-state index >= 15 is 0 Å². The van der Waals surface area contributed by atoms with Crippen LogP contribution in [0.25, 0.3) is 10.9 Å². The standard InChI is InChI=1S/C20H21BrN4O2S/c1-24(2)10-9-22-18(26)14-5-3-13(4-6-14)12-25-19(27)16-11-15(21)7-8-17(16)23-20(25)28/h3-8,11H,9-10,12H2,1-2H3,(H,22,26)(H,23,28)/p+1. The van der Waals surface area contributed by atoms with Crippen LogP contribution in [0.3, 0.4) is 0 Å². The molecule has 1 heterocycles. The number of hydrogen-bond donors (Lipinski definition) is 3. The number of halogens is 1. The van der Waals surface area contributed by atoms with Crippen LogP contribution < -0.4 is 15.8 Å². The van der Waals surface area contributed by atoms with E-state index < -0.39 is 0 Å². The zero-order chi connectivity index (χ0) is 20.3. The van der Waals surface area contributed by atoms with E-state index in [4.69, 9.17) is 12.2 Å². The number of fused-ring (bicyclic) bond motifs is 1. The summed E-state index contributed by atoms with van der Waals surface area (Å²) in [6.07, 6.45) is 0. The molecule has 0 aliphatic heterocycles. The average molecular weight is 462 g/mol. The highest BCUT2D eigenvalue weighted by Crippen LogP contribution is 2.15. The Morgan fingerprint density at radius 2 is 1.93 bits per heavy atom. The van der Waals surface area contributed by atoms with Crippen LogP contribution in [0.2, 0.25) is 0 Å². The Hall–Kier alpha value is -2.29. The maximum absolute atomic E-state index is 12.8. The second-order valence-corrected chi connectivity index (χ2v) is 8.22. The summed E-state index contributed by atoms with van der Waals surface area (Å²) < 4.78 is 2.73. The molecule has 0 aliphatic carbocycles. The third kappa shape index (κ3) is 4.76. The highest BCUT2D eigenvalue weighted by atomic mass is 79.9. The van der Waals surface area contributed by atoms with Gasteiger partial charge in [-0.25, -0.2) is 0 Å². The van der Waals surface area contributed by atoms with Crippen LogP contribution in [0.15, 0.2) is 51.7 Å². The van der Waals surface area contributed by atoms with Gasteiger partial charge in [-0.1, -0.05) is 28.1 Å². The monoisotopic (exact) mass is 461 g/mol. The number of quaternary nitrogens is 1. The summed E-state index contributed by atoms with van der Waals surface area (Å²) in [4.78, 5) is 29.4. The molecule has 8 heteroatoms. The maximum Gasteiger partial charge on any atom is 0.262 e. The van der Waals surface area contributed by atoms with Crippen molar-refractivity contribution in [2.45, 2.75) is 6.54 Å². The van der Waals surface area contributed by atoms with E-state index in [9.17, 15) is 9.59 Å². The Labute approximate surface area is 176 Å². The van der Waals surface area contributed by atoms with Crippen molar-refractivity contribution < 1.29 is 9.69 Å². The van der Waals surface area contributed by atoms with E-state index in [1.54, 1.807) is 18.2 Å². The first-order chi connectivity index (χ1) is 13.3. The number of rotatable bonds is 6. The van der Waals surface area contributed by atoms with Crippen molar-refractivity contribution in [2.75, 3.05) is 27.2 Å². The number of carbonyl (C=O) groups is 1. The summed E-state index contributed by atoms with van der Waals surface area (Å²) in [7, 11) is 4.08. The van der Waals surface area contributed by atoms with Gasteiger partial charge in [-0.2, -0.15) is 0 Å². The molecule has 0 radical (unpaired) electrons. The van der Waals surface area contributed by atoms with E-state index in [1.165, 1.54) is 9.47 Å². The Balaban J connectivity index is 1.80. The number of amides is 1. The molecule has 3 rings (SSSR count). The molecule has 0 saturated heterocycles. The Bertz CT molecular complexity index is 1120. The van der Waals surface area contributed by atoms with E-state index in [-0.39, 0.29) is 11.5 Å². The van der Waals surface area contributed by atoms with Gasteiger partial charge in [-0.15, -0.1) is 0 Å². The molecule has 1 aromatic heterocycles. The molecule has 6 nitrogen and oxygen atoms in total. The first kappa shape index (κ1) is 20.4. The van der Waals surface area contributed by atoms with E-state index in [0.717, 1.165) is 16.6 Å². The lowest BCUT2D eigenvalue weighted by atomic mass is 10.1. The number of likely N-dealkylation sites (N-methyl/N-ethyl adjacent to an activating group) is 1. The van der Waals surface area contributed by atoms with Crippen molar-refractivity contribution in [3.63, 3.8) is 0 Å². The topological polar surface area (TPSA) is 71.3 Å². The van der Waals surface area contributed by atoms with Crippen LogP contribution in [-0.4, -0.2) is 42.6 Å². The number of benzene rings is 2. The molecule has 146 valence electrons. The van der Waals surface area contributed by atoms with Crippen LogP contribution in [-0.2, 0) is 6.54 Å². The van der Waals surface area contributed by atoms with Gasteiger partial charge in [0, 0.05) is 10.0 Å². The van der Waals surface area contributed by atoms with Gasteiger partial charge in [0.25, 0.3) is 11.5 Å². The smallest absolute Gasteiger partial charge is 0.262 e. The van der Waals surface area contributed by atoms with Crippen LogP contribution in [0, 0.1) is 4.77 Å². The molecule has 0 aliphatic rings. The molecule has 3 aromatic rings. The van der Waals surface area contributed by atoms with Crippen LogP contribution in [0.4, 0.5) is 0 Å². The summed E-state index contributed by atoms with van der Waals surface area (Å²) in [6, 6.07) is 12.7. The number of H-pyrrole nitrogens is 1. The predicted octanol–water partition coefficient (Wildman–Crippen LogP) is 1.74. The fourth-order valence-corrected chi connectivity index (χ4v) is 3.46. The average Bonchev–Trinajstić information content (AvgIpc) is 2.66. The minimum atomic E-state index is -0.145. The molecule has 0 fully saturated rings. The van der Waals surface area contributed by atoms with Crippen molar-refractivity contribution in [1.82, 2.24) is 14.9 Å². The molecule has 0 atom stereocenters. The summed E-state index contributed by atoms with van der Waals surface area (Å²) >= 11 is 8.76. The number of nitrogens with one attached hydrogen (secondary N) is 3. The zero-order valence-corrected chi connectivity index (χ0v) is 18.1. The Kier molecular flexibility index (Phi) is 6.43. The fourth-order valence-electron chi connectivity index (χ4n) is 2.84. The van der Waals surface area contributed by atoms with Crippen molar-refractivity contribution in [2.24, 2.45) is 0 Å². The van der Waals surface area contributed by atoms with Crippen molar-refractivity contribution in [1.29, 1.82) is 0 Å². The quantitative estimate of drug-likeness (QED) is 0.489. The van der Waals surface area contributed by atoms with Gasteiger partial charge in [0.05, 0.1) is 44.6 Å². The summed E-state index contributed by atoms with van der Waals surface area (Å²) in [5.74, 6) is -0.0992. The molecule has 0 unspecified atom stereocenters. The SMILES string of the molecule is C[NH+](C)CCNC(=O)c1ccc(Cn2c(=S)[nH]c3ccc(Br)cc3c2=O)cc1. The zero-order valence-electron chi connectivity index (χ0n) is 15.7. The molecule has 2 aromatic carbocycles. The minimum Gasteiger partial charge on any atom is -0.346 e. The summed E-state index contributed by atoms with van der Waals surface area (Å²) in [5, 5.41) is 3.47. The first-order valence-electron chi connectivity index (χ1n) is 8.93. The normalized spacial score (nSPS) is 11.1. The third-order valence-corrected chi connectivity index (χ3v) is 5.23. The van der Waals surface area contributed by atoms with Gasteiger partial charge in [0.2, 0.25) is 0 Å². The van der Waals surface area contributed by atoms with Gasteiger partial charge >= 0.3 is 0 Å². The van der Waals surface area contributed by atoms with Crippen molar-refractivity contribution >= 4 is 45.0 Å². The molecule has 0 saturated carbocycles. The van der Waals surface area contributed by atoms with Crippen LogP contribution >= 0.6 is 28.1 Å². The van der Waals surface area contributed by atoms with Crippen LogP contribution in [0.5, 0.6) is 0 Å². The van der Waals surface area contributed by atoms with Gasteiger partial charge in [0.1, 0.15) is 0 Å². The largest absolute Gasteiger partial charge is 0.346 e. The molecule has 1 amide bonds. The molecular weight excluding hydrogens is 440 g/mol. The number of aromatic nitrogens is 2. The van der Waals surface area contributed by atoms with Crippen molar-refractivity contribution in [3.8, 4) is 0 Å². The van der Waals surface area contributed by atoms with Gasteiger partial charge in [-0.3, -0.25) is 14.2 Å². The predicted molar refractivity (Wildman–Crippen MR) is 117 cm³/mol. The lowest BCUT2D eigenvalue weighted by molar-refractivity contribution is -0.856. The highest BCUT2D eigenvalue weighted by Gasteiger charge is 2.09. The number of hydrogen-bond acceptors (Lipinski definition) is 3. The molecule has 0 bridgehead atoms. The van der Waals surface area contributed by atoms with E-state index in [2.05, 4.69) is 26.2 Å². The fraction of sp³-hybridized carbons (Fsp3) is 0.250. The Morgan fingerprint density at radius 1 is 1.21 bits per heavy atom. The Morgan fingerprint density at radius 3 is 2.61 bits per heavy atom.